The Morgan fingerprint density at radius 1 is 1.14 bits per heavy atom. The highest BCUT2D eigenvalue weighted by molar-refractivity contribution is 4.86. The molecule has 0 bridgehead atoms. The SMILES string of the molecule is CC(C)N1CCN(C(C)(C)CN)CC1. The van der Waals surface area contributed by atoms with Gasteiger partial charge in [0.2, 0.25) is 0 Å². The molecule has 84 valence electrons. The van der Waals surface area contributed by atoms with Gasteiger partial charge in [0.25, 0.3) is 0 Å². The molecule has 0 atom stereocenters. The highest BCUT2D eigenvalue weighted by atomic mass is 15.3. The molecule has 0 saturated carbocycles. The summed E-state index contributed by atoms with van der Waals surface area (Å²) >= 11 is 0. The third kappa shape index (κ3) is 2.69. The van der Waals surface area contributed by atoms with Gasteiger partial charge in [0, 0.05) is 44.3 Å². The first-order chi connectivity index (χ1) is 6.47. The molecule has 1 saturated heterocycles. The van der Waals surface area contributed by atoms with Crippen LogP contribution in [0.4, 0.5) is 0 Å². The van der Waals surface area contributed by atoms with Crippen LogP contribution in [-0.4, -0.2) is 54.1 Å². The maximum atomic E-state index is 5.78. The third-order valence-corrected chi connectivity index (χ3v) is 3.40. The molecule has 1 fully saturated rings. The van der Waals surface area contributed by atoms with E-state index in [9.17, 15) is 0 Å². The van der Waals surface area contributed by atoms with Crippen molar-refractivity contribution in [3.63, 3.8) is 0 Å². The minimum Gasteiger partial charge on any atom is -0.329 e. The molecule has 1 aliphatic rings. The molecule has 0 aromatic heterocycles. The van der Waals surface area contributed by atoms with E-state index < -0.39 is 0 Å². The van der Waals surface area contributed by atoms with Crippen LogP contribution in [0, 0.1) is 0 Å². The molecule has 0 aromatic rings. The minimum atomic E-state index is 0.170. The van der Waals surface area contributed by atoms with E-state index in [1.165, 1.54) is 13.1 Å². The van der Waals surface area contributed by atoms with Crippen LogP contribution in [0.1, 0.15) is 27.7 Å². The molecule has 0 aliphatic carbocycles. The lowest BCUT2D eigenvalue weighted by Crippen LogP contribution is -2.58. The van der Waals surface area contributed by atoms with E-state index in [0.717, 1.165) is 19.6 Å². The summed E-state index contributed by atoms with van der Waals surface area (Å²) in [5.41, 5.74) is 5.95. The summed E-state index contributed by atoms with van der Waals surface area (Å²) < 4.78 is 0. The van der Waals surface area contributed by atoms with Gasteiger partial charge in [-0.2, -0.15) is 0 Å². The van der Waals surface area contributed by atoms with Crippen LogP contribution in [-0.2, 0) is 0 Å². The second-order valence-electron chi connectivity index (χ2n) is 5.13. The van der Waals surface area contributed by atoms with Crippen LogP contribution >= 0.6 is 0 Å². The van der Waals surface area contributed by atoms with Crippen molar-refractivity contribution in [1.82, 2.24) is 9.80 Å². The molecule has 0 aromatic carbocycles. The van der Waals surface area contributed by atoms with Crippen molar-refractivity contribution < 1.29 is 0 Å². The first-order valence-electron chi connectivity index (χ1n) is 5.66. The molecule has 1 rings (SSSR count). The van der Waals surface area contributed by atoms with Crippen LogP contribution in [0.3, 0.4) is 0 Å². The molecular weight excluding hydrogens is 174 g/mol. The lowest BCUT2D eigenvalue weighted by atomic mass is 10.0. The van der Waals surface area contributed by atoms with Crippen LogP contribution in [0.5, 0.6) is 0 Å². The fourth-order valence-corrected chi connectivity index (χ4v) is 1.97. The Bertz CT molecular complexity index is 169. The smallest absolute Gasteiger partial charge is 0.0276 e. The molecule has 0 spiro atoms. The minimum absolute atomic E-state index is 0.170. The number of hydrogen-bond acceptors (Lipinski definition) is 3. The van der Waals surface area contributed by atoms with Gasteiger partial charge in [0.15, 0.2) is 0 Å². The maximum absolute atomic E-state index is 5.78. The van der Waals surface area contributed by atoms with Crippen molar-refractivity contribution in [2.24, 2.45) is 5.73 Å². The molecule has 3 nitrogen and oxygen atoms in total. The first-order valence-corrected chi connectivity index (χ1v) is 5.66. The molecule has 1 heterocycles. The standard InChI is InChI=1S/C11H25N3/c1-10(2)13-5-7-14(8-6-13)11(3,4)9-12/h10H,5-9,12H2,1-4H3. The van der Waals surface area contributed by atoms with E-state index in [0.29, 0.717) is 6.04 Å². The van der Waals surface area contributed by atoms with Crippen molar-refractivity contribution in [2.75, 3.05) is 32.7 Å². The second kappa shape index (κ2) is 4.60. The van der Waals surface area contributed by atoms with Crippen LogP contribution in [0.2, 0.25) is 0 Å². The van der Waals surface area contributed by atoms with Gasteiger partial charge in [0.05, 0.1) is 0 Å². The van der Waals surface area contributed by atoms with Gasteiger partial charge in [-0.05, 0) is 27.7 Å². The molecule has 0 unspecified atom stereocenters. The zero-order chi connectivity index (χ0) is 10.8. The van der Waals surface area contributed by atoms with Crippen molar-refractivity contribution in [1.29, 1.82) is 0 Å². The largest absolute Gasteiger partial charge is 0.329 e. The fraction of sp³-hybridized carbons (Fsp3) is 1.00. The predicted molar refractivity (Wildman–Crippen MR) is 61.4 cm³/mol. The summed E-state index contributed by atoms with van der Waals surface area (Å²) in [5.74, 6) is 0. The maximum Gasteiger partial charge on any atom is 0.0276 e. The lowest BCUT2D eigenvalue weighted by molar-refractivity contribution is 0.0443. The Hall–Kier alpha value is -0.120. The van der Waals surface area contributed by atoms with Gasteiger partial charge in [-0.25, -0.2) is 0 Å². The highest BCUT2D eigenvalue weighted by Gasteiger charge is 2.28. The van der Waals surface area contributed by atoms with Crippen LogP contribution in [0.25, 0.3) is 0 Å². The molecular formula is C11H25N3. The molecule has 2 N–H and O–H groups in total. The second-order valence-corrected chi connectivity index (χ2v) is 5.13. The van der Waals surface area contributed by atoms with Gasteiger partial charge >= 0.3 is 0 Å². The van der Waals surface area contributed by atoms with Crippen LogP contribution in [0.15, 0.2) is 0 Å². The summed E-state index contributed by atoms with van der Waals surface area (Å²) in [5, 5.41) is 0. The van der Waals surface area contributed by atoms with Gasteiger partial charge in [-0.1, -0.05) is 0 Å². The normalized spacial score (nSPS) is 21.9. The summed E-state index contributed by atoms with van der Waals surface area (Å²) in [4.78, 5) is 5.04. The Balaban J connectivity index is 2.43. The zero-order valence-electron chi connectivity index (χ0n) is 10.1. The summed E-state index contributed by atoms with van der Waals surface area (Å²) in [6.07, 6.45) is 0. The molecule has 14 heavy (non-hydrogen) atoms. The fourth-order valence-electron chi connectivity index (χ4n) is 1.97. The van der Waals surface area contributed by atoms with Gasteiger partial charge in [-0.15, -0.1) is 0 Å². The number of hydrogen-bond donors (Lipinski definition) is 1. The van der Waals surface area contributed by atoms with Crippen LogP contribution < -0.4 is 5.73 Å². The number of nitrogens with two attached hydrogens (primary N) is 1. The third-order valence-electron chi connectivity index (χ3n) is 3.40. The Labute approximate surface area is 88.2 Å². The zero-order valence-corrected chi connectivity index (χ0v) is 10.1. The predicted octanol–water partition coefficient (Wildman–Crippen LogP) is 0.750. The van der Waals surface area contributed by atoms with E-state index in [4.69, 9.17) is 5.73 Å². The molecule has 1 aliphatic heterocycles. The number of rotatable bonds is 3. The lowest BCUT2D eigenvalue weighted by Gasteiger charge is -2.44. The van der Waals surface area contributed by atoms with Gasteiger partial charge < -0.3 is 5.73 Å². The van der Waals surface area contributed by atoms with Gasteiger partial charge in [-0.3, -0.25) is 9.80 Å². The average molecular weight is 199 g/mol. The molecule has 0 radical (unpaired) electrons. The number of nitrogens with zero attached hydrogens (tertiary/aromatic N) is 2. The van der Waals surface area contributed by atoms with E-state index in [2.05, 4.69) is 37.5 Å². The van der Waals surface area contributed by atoms with Crippen molar-refractivity contribution >= 4 is 0 Å². The Morgan fingerprint density at radius 2 is 1.64 bits per heavy atom. The first kappa shape index (κ1) is 12.0. The van der Waals surface area contributed by atoms with E-state index in [-0.39, 0.29) is 5.54 Å². The quantitative estimate of drug-likeness (QED) is 0.728. The van der Waals surface area contributed by atoms with Crippen molar-refractivity contribution in [2.45, 2.75) is 39.3 Å². The number of piperazine rings is 1. The van der Waals surface area contributed by atoms with E-state index >= 15 is 0 Å². The van der Waals surface area contributed by atoms with E-state index in [1.807, 2.05) is 0 Å². The summed E-state index contributed by atoms with van der Waals surface area (Å²) in [6, 6.07) is 0.679. The molecule has 0 amide bonds. The summed E-state index contributed by atoms with van der Waals surface area (Å²) in [6.45, 7) is 14.4. The topological polar surface area (TPSA) is 32.5 Å². The average Bonchev–Trinajstić information content (AvgIpc) is 2.18. The molecule has 3 heteroatoms. The van der Waals surface area contributed by atoms with Crippen molar-refractivity contribution in [3.8, 4) is 0 Å². The monoisotopic (exact) mass is 199 g/mol. The Morgan fingerprint density at radius 3 is 2.00 bits per heavy atom. The van der Waals surface area contributed by atoms with Crippen molar-refractivity contribution in [3.05, 3.63) is 0 Å². The highest BCUT2D eigenvalue weighted by Crippen LogP contribution is 2.16. The Kier molecular flexibility index (Phi) is 3.93. The van der Waals surface area contributed by atoms with E-state index in [1.54, 1.807) is 0 Å². The summed E-state index contributed by atoms with van der Waals surface area (Å²) in [7, 11) is 0. The van der Waals surface area contributed by atoms with Gasteiger partial charge in [0.1, 0.15) is 0 Å².